The van der Waals surface area contributed by atoms with Gasteiger partial charge in [0.25, 0.3) is 0 Å². The van der Waals surface area contributed by atoms with Gasteiger partial charge in [0.1, 0.15) is 5.75 Å². The summed E-state index contributed by atoms with van der Waals surface area (Å²) < 4.78 is 37.7. The van der Waals surface area contributed by atoms with Crippen LogP contribution in [0.3, 0.4) is 0 Å². The van der Waals surface area contributed by atoms with Gasteiger partial charge in [0.2, 0.25) is 15.9 Å². The van der Waals surface area contributed by atoms with Gasteiger partial charge in [0.15, 0.2) is 0 Å². The highest BCUT2D eigenvalue weighted by Gasteiger charge is 2.30. The maximum atomic E-state index is 12.8. The molecule has 0 N–H and O–H groups in total. The molecule has 0 spiro atoms. The van der Waals surface area contributed by atoms with Crippen molar-refractivity contribution in [2.75, 3.05) is 52.3 Å². The highest BCUT2D eigenvalue weighted by molar-refractivity contribution is 7.89. The Hall–Kier alpha value is -2.17. The van der Waals surface area contributed by atoms with Gasteiger partial charge < -0.3 is 19.0 Å². The number of benzene rings is 1. The van der Waals surface area contributed by atoms with Crippen molar-refractivity contribution in [1.29, 1.82) is 0 Å². The Morgan fingerprint density at radius 2 is 1.77 bits per heavy atom. The van der Waals surface area contributed by atoms with E-state index >= 15 is 0 Å². The predicted molar refractivity (Wildman–Crippen MR) is 95.7 cm³/mol. The van der Waals surface area contributed by atoms with E-state index in [0.29, 0.717) is 50.4 Å². The Labute approximate surface area is 153 Å². The van der Waals surface area contributed by atoms with Gasteiger partial charge in [0, 0.05) is 26.2 Å². The molecule has 9 nitrogen and oxygen atoms in total. The topological polar surface area (TPSA) is 92.0 Å². The minimum Gasteiger partial charge on any atom is -0.497 e. The third kappa shape index (κ3) is 3.97. The average Bonchev–Trinajstić information content (AvgIpc) is 3.09. The third-order valence-electron chi connectivity index (χ3n) is 4.11. The largest absolute Gasteiger partial charge is 0.497 e. The number of sulfonamides is 1. The predicted octanol–water partition coefficient (Wildman–Crippen LogP) is 0.651. The van der Waals surface area contributed by atoms with Crippen LogP contribution in [0.4, 0.5) is 6.01 Å². The van der Waals surface area contributed by atoms with Gasteiger partial charge in [-0.3, -0.25) is 0 Å². The number of aromatic nitrogens is 2. The van der Waals surface area contributed by atoms with E-state index in [-0.39, 0.29) is 4.90 Å². The van der Waals surface area contributed by atoms with Crippen LogP contribution in [0.5, 0.6) is 5.75 Å². The first-order chi connectivity index (χ1) is 12.4. The summed E-state index contributed by atoms with van der Waals surface area (Å²) >= 11 is 0. The molecule has 2 heterocycles. The van der Waals surface area contributed by atoms with E-state index in [1.54, 1.807) is 31.4 Å². The standard InChI is InChI=1S/C16H23N5O4S/c1-19(2)12-15-17-18-16(25-15)20-8-10-21(11-9-20)26(22,23)14-6-4-13(24-3)5-7-14/h4-7H,8-12H2,1-3H3. The Bertz CT molecular complexity index is 827. The molecule has 1 aliphatic rings. The molecule has 142 valence electrons. The van der Waals surface area contributed by atoms with Crippen LogP contribution < -0.4 is 9.64 Å². The van der Waals surface area contributed by atoms with Crippen LogP contribution in [-0.4, -0.2) is 75.2 Å². The molecule has 0 aliphatic carbocycles. The number of hydrogen-bond donors (Lipinski definition) is 0. The summed E-state index contributed by atoms with van der Waals surface area (Å²) in [6.07, 6.45) is 0. The van der Waals surface area contributed by atoms with Crippen LogP contribution in [-0.2, 0) is 16.6 Å². The van der Waals surface area contributed by atoms with Crippen LogP contribution in [0.25, 0.3) is 0 Å². The molecule has 0 bridgehead atoms. The molecule has 3 rings (SSSR count). The minimum absolute atomic E-state index is 0.262. The zero-order valence-electron chi connectivity index (χ0n) is 15.1. The number of anilines is 1. The molecule has 26 heavy (non-hydrogen) atoms. The van der Waals surface area contributed by atoms with Crippen LogP contribution in [0.2, 0.25) is 0 Å². The van der Waals surface area contributed by atoms with Crippen molar-refractivity contribution >= 4 is 16.0 Å². The first-order valence-electron chi connectivity index (χ1n) is 8.26. The van der Waals surface area contributed by atoms with Gasteiger partial charge in [-0.1, -0.05) is 5.10 Å². The van der Waals surface area contributed by atoms with Crippen LogP contribution in [0.15, 0.2) is 33.6 Å². The molecule has 2 aromatic rings. The van der Waals surface area contributed by atoms with Gasteiger partial charge >= 0.3 is 6.01 Å². The lowest BCUT2D eigenvalue weighted by Gasteiger charge is -2.32. The van der Waals surface area contributed by atoms with Crippen molar-refractivity contribution in [3.8, 4) is 5.75 Å². The van der Waals surface area contributed by atoms with Crippen LogP contribution in [0, 0.1) is 0 Å². The van der Waals surface area contributed by atoms with E-state index in [9.17, 15) is 8.42 Å². The summed E-state index contributed by atoms with van der Waals surface area (Å²) in [6.45, 7) is 2.29. The summed E-state index contributed by atoms with van der Waals surface area (Å²) in [7, 11) is 1.87. The molecule has 10 heteroatoms. The molecule has 0 atom stereocenters. The molecule has 1 aliphatic heterocycles. The van der Waals surface area contributed by atoms with E-state index in [0.717, 1.165) is 0 Å². The fourth-order valence-corrected chi connectivity index (χ4v) is 4.15. The lowest BCUT2D eigenvalue weighted by molar-refractivity contribution is 0.333. The zero-order chi connectivity index (χ0) is 18.7. The smallest absolute Gasteiger partial charge is 0.318 e. The molecule has 0 unspecified atom stereocenters. The summed E-state index contributed by atoms with van der Waals surface area (Å²) in [5.41, 5.74) is 0. The highest BCUT2D eigenvalue weighted by Crippen LogP contribution is 2.22. The van der Waals surface area contributed by atoms with Crippen molar-refractivity contribution in [2.45, 2.75) is 11.4 Å². The number of methoxy groups -OCH3 is 1. The lowest BCUT2D eigenvalue weighted by Crippen LogP contribution is -2.48. The molecule has 0 amide bonds. The number of piperazine rings is 1. The monoisotopic (exact) mass is 381 g/mol. The first-order valence-corrected chi connectivity index (χ1v) is 9.70. The van der Waals surface area contributed by atoms with E-state index in [4.69, 9.17) is 9.15 Å². The quantitative estimate of drug-likeness (QED) is 0.720. The van der Waals surface area contributed by atoms with E-state index in [2.05, 4.69) is 10.2 Å². The molecular formula is C16H23N5O4S. The maximum Gasteiger partial charge on any atom is 0.318 e. The van der Waals surface area contributed by atoms with E-state index in [1.165, 1.54) is 4.31 Å². The SMILES string of the molecule is COc1ccc(S(=O)(=O)N2CCN(c3nnc(CN(C)C)o3)CC2)cc1. The molecule has 1 aromatic heterocycles. The first kappa shape index (κ1) is 18.6. The van der Waals surface area contributed by atoms with Gasteiger partial charge in [-0.25, -0.2) is 8.42 Å². The Balaban J connectivity index is 1.64. The fraction of sp³-hybridized carbons (Fsp3) is 0.500. The van der Waals surface area contributed by atoms with E-state index in [1.807, 2.05) is 23.9 Å². The third-order valence-corrected chi connectivity index (χ3v) is 6.03. The van der Waals surface area contributed by atoms with Gasteiger partial charge in [-0.15, -0.1) is 5.10 Å². The number of nitrogens with zero attached hydrogens (tertiary/aromatic N) is 5. The summed E-state index contributed by atoms with van der Waals surface area (Å²) in [6, 6.07) is 6.85. The average molecular weight is 381 g/mol. The summed E-state index contributed by atoms with van der Waals surface area (Å²) in [5.74, 6) is 1.16. The van der Waals surface area contributed by atoms with Crippen LogP contribution in [0.1, 0.15) is 5.89 Å². The molecular weight excluding hydrogens is 358 g/mol. The number of hydrogen-bond acceptors (Lipinski definition) is 8. The summed E-state index contributed by atoms with van der Waals surface area (Å²) in [5, 5.41) is 8.08. The number of rotatable bonds is 6. The minimum atomic E-state index is -3.53. The molecule has 0 radical (unpaired) electrons. The van der Waals surface area contributed by atoms with Crippen molar-refractivity contribution < 1.29 is 17.6 Å². The molecule has 1 saturated heterocycles. The van der Waals surface area contributed by atoms with E-state index < -0.39 is 10.0 Å². The Kier molecular flexibility index (Phi) is 5.44. The van der Waals surface area contributed by atoms with Gasteiger partial charge in [-0.05, 0) is 38.4 Å². The van der Waals surface area contributed by atoms with Crippen molar-refractivity contribution in [1.82, 2.24) is 19.4 Å². The Morgan fingerprint density at radius 3 is 2.35 bits per heavy atom. The maximum absolute atomic E-state index is 12.8. The second-order valence-corrected chi connectivity index (χ2v) is 8.22. The van der Waals surface area contributed by atoms with Gasteiger partial charge in [-0.2, -0.15) is 4.31 Å². The normalized spacial score (nSPS) is 16.2. The second-order valence-electron chi connectivity index (χ2n) is 6.28. The Morgan fingerprint density at radius 1 is 1.12 bits per heavy atom. The van der Waals surface area contributed by atoms with Crippen molar-refractivity contribution in [3.05, 3.63) is 30.2 Å². The van der Waals surface area contributed by atoms with Crippen molar-refractivity contribution in [2.24, 2.45) is 0 Å². The highest BCUT2D eigenvalue weighted by atomic mass is 32.2. The van der Waals surface area contributed by atoms with Crippen molar-refractivity contribution in [3.63, 3.8) is 0 Å². The molecule has 1 fully saturated rings. The molecule has 1 aromatic carbocycles. The fourth-order valence-electron chi connectivity index (χ4n) is 2.72. The van der Waals surface area contributed by atoms with Crippen LogP contribution >= 0.6 is 0 Å². The number of ether oxygens (including phenoxy) is 1. The zero-order valence-corrected chi connectivity index (χ0v) is 15.9. The lowest BCUT2D eigenvalue weighted by atomic mass is 10.3. The van der Waals surface area contributed by atoms with Gasteiger partial charge in [0.05, 0.1) is 18.6 Å². The second kappa shape index (κ2) is 7.60. The summed E-state index contributed by atoms with van der Waals surface area (Å²) in [4.78, 5) is 4.11. The molecule has 0 saturated carbocycles.